The minimum absolute atomic E-state index is 0.0647. The Morgan fingerprint density at radius 1 is 1.24 bits per heavy atom. The van der Waals surface area contributed by atoms with E-state index in [0.717, 1.165) is 0 Å². The van der Waals surface area contributed by atoms with Crippen LogP contribution >= 0.6 is 15.9 Å². The second-order valence-electron chi connectivity index (χ2n) is 4.57. The number of hydrogen-bond acceptors (Lipinski definition) is 4. The van der Waals surface area contributed by atoms with Crippen LogP contribution in [0.2, 0.25) is 0 Å². The summed E-state index contributed by atoms with van der Waals surface area (Å²) in [6.45, 7) is 0.0744. The minimum atomic E-state index is -3.67. The van der Waals surface area contributed by atoms with Crippen molar-refractivity contribution in [3.63, 3.8) is 0 Å². The Morgan fingerprint density at radius 3 is 2.52 bits per heavy atom. The van der Waals surface area contributed by atoms with Gasteiger partial charge in [0.1, 0.15) is 5.75 Å². The van der Waals surface area contributed by atoms with E-state index in [9.17, 15) is 13.5 Å². The quantitative estimate of drug-likeness (QED) is 0.810. The molecule has 0 aliphatic carbocycles. The molecule has 112 valence electrons. The summed E-state index contributed by atoms with van der Waals surface area (Å²) in [6, 6.07) is 11.1. The molecule has 0 amide bonds. The smallest absolute Gasteiger partial charge is 0.243 e. The van der Waals surface area contributed by atoms with Crippen molar-refractivity contribution < 1.29 is 13.5 Å². The maximum Gasteiger partial charge on any atom is 0.243 e. The first-order valence-corrected chi connectivity index (χ1v) is 8.34. The third-order valence-corrected chi connectivity index (χ3v) is 5.58. The molecule has 0 aliphatic heterocycles. The van der Waals surface area contributed by atoms with Gasteiger partial charge in [0.05, 0.1) is 4.90 Å². The monoisotopic (exact) mass is 370 g/mol. The number of nitrogens with two attached hydrogens (primary N) is 1. The maximum absolute atomic E-state index is 12.5. The Morgan fingerprint density at radius 2 is 1.90 bits per heavy atom. The average Bonchev–Trinajstić information content (AvgIpc) is 2.44. The lowest BCUT2D eigenvalue weighted by Gasteiger charge is -2.18. The first-order valence-electron chi connectivity index (χ1n) is 6.10. The summed E-state index contributed by atoms with van der Waals surface area (Å²) in [6.07, 6.45) is 0. The number of para-hydroxylation sites is 1. The van der Waals surface area contributed by atoms with E-state index in [1.54, 1.807) is 24.3 Å². The highest BCUT2D eigenvalue weighted by molar-refractivity contribution is 9.10. The largest absolute Gasteiger partial charge is 0.508 e. The van der Waals surface area contributed by atoms with Gasteiger partial charge in [-0.15, -0.1) is 0 Å². The summed E-state index contributed by atoms with van der Waals surface area (Å²) in [5.74, 6) is 0.0647. The number of anilines is 1. The van der Waals surface area contributed by atoms with Gasteiger partial charge in [0.15, 0.2) is 0 Å². The molecule has 3 N–H and O–H groups in total. The topological polar surface area (TPSA) is 83.6 Å². The van der Waals surface area contributed by atoms with Crippen molar-refractivity contribution in [2.45, 2.75) is 11.4 Å². The Kier molecular flexibility index (Phi) is 4.55. The van der Waals surface area contributed by atoms with Crippen molar-refractivity contribution >= 4 is 31.6 Å². The molecule has 2 aromatic carbocycles. The molecule has 0 fully saturated rings. The fourth-order valence-corrected chi connectivity index (χ4v) is 3.26. The molecule has 0 saturated heterocycles. The van der Waals surface area contributed by atoms with Gasteiger partial charge in [0, 0.05) is 29.3 Å². The van der Waals surface area contributed by atoms with Crippen LogP contribution in [-0.2, 0) is 16.6 Å². The normalized spacial score (nSPS) is 11.8. The first kappa shape index (κ1) is 15.8. The van der Waals surface area contributed by atoms with Gasteiger partial charge in [0.25, 0.3) is 0 Å². The van der Waals surface area contributed by atoms with Gasteiger partial charge < -0.3 is 10.8 Å². The molecule has 0 atom stereocenters. The van der Waals surface area contributed by atoms with E-state index in [-0.39, 0.29) is 17.2 Å². The van der Waals surface area contributed by atoms with Gasteiger partial charge >= 0.3 is 0 Å². The van der Waals surface area contributed by atoms with E-state index < -0.39 is 10.0 Å². The van der Waals surface area contributed by atoms with Gasteiger partial charge in [0.2, 0.25) is 10.0 Å². The summed E-state index contributed by atoms with van der Waals surface area (Å²) >= 11 is 3.23. The van der Waals surface area contributed by atoms with Crippen molar-refractivity contribution in [1.29, 1.82) is 0 Å². The number of nitrogen functional groups attached to an aromatic ring is 1. The maximum atomic E-state index is 12.5. The average molecular weight is 371 g/mol. The number of halogens is 1. The Balaban J connectivity index is 2.30. The highest BCUT2D eigenvalue weighted by atomic mass is 79.9. The summed E-state index contributed by atoms with van der Waals surface area (Å²) in [5, 5.41) is 9.73. The van der Waals surface area contributed by atoms with Gasteiger partial charge in [-0.25, -0.2) is 8.42 Å². The zero-order chi connectivity index (χ0) is 15.6. The number of phenols is 1. The number of nitrogens with zero attached hydrogens (tertiary/aromatic N) is 1. The predicted molar refractivity (Wildman–Crippen MR) is 85.3 cm³/mol. The van der Waals surface area contributed by atoms with Crippen molar-refractivity contribution in [3.8, 4) is 5.75 Å². The lowest BCUT2D eigenvalue weighted by Crippen LogP contribution is -2.26. The van der Waals surface area contributed by atoms with E-state index in [0.29, 0.717) is 15.7 Å². The zero-order valence-corrected chi connectivity index (χ0v) is 13.7. The number of sulfonamides is 1. The molecule has 2 rings (SSSR count). The molecule has 0 aromatic heterocycles. The fourth-order valence-electron chi connectivity index (χ4n) is 1.83. The van der Waals surface area contributed by atoms with Crippen LogP contribution in [0, 0.1) is 0 Å². The molecule has 2 aromatic rings. The molecule has 0 saturated carbocycles. The van der Waals surface area contributed by atoms with E-state index in [1.165, 1.54) is 29.6 Å². The van der Waals surface area contributed by atoms with Gasteiger partial charge in [-0.2, -0.15) is 4.31 Å². The van der Waals surface area contributed by atoms with Crippen molar-refractivity contribution in [2.75, 3.05) is 12.8 Å². The van der Waals surface area contributed by atoms with Crippen LogP contribution in [0.3, 0.4) is 0 Å². The summed E-state index contributed by atoms with van der Waals surface area (Å²) < 4.78 is 26.8. The highest BCUT2D eigenvalue weighted by Crippen LogP contribution is 2.26. The number of phenolic OH excluding ortho intramolecular Hbond substituents is 1. The zero-order valence-electron chi connectivity index (χ0n) is 11.3. The standard InChI is InChI=1S/C14H15BrN2O3S/c1-17(9-10-4-2-3-5-14(10)18)21(19,20)11-6-7-12(15)13(16)8-11/h2-8,18H,9,16H2,1H3. The van der Waals surface area contributed by atoms with Crippen LogP contribution in [0.1, 0.15) is 5.56 Å². The number of rotatable bonds is 4. The van der Waals surface area contributed by atoms with E-state index in [2.05, 4.69) is 15.9 Å². The molecule has 0 radical (unpaired) electrons. The second kappa shape index (κ2) is 6.05. The third-order valence-electron chi connectivity index (χ3n) is 3.06. The van der Waals surface area contributed by atoms with Crippen molar-refractivity contribution in [1.82, 2.24) is 4.31 Å². The van der Waals surface area contributed by atoms with E-state index in [1.807, 2.05) is 0 Å². The number of aromatic hydroxyl groups is 1. The lowest BCUT2D eigenvalue weighted by molar-refractivity contribution is 0.436. The minimum Gasteiger partial charge on any atom is -0.508 e. The molecule has 0 aliphatic rings. The molecule has 0 heterocycles. The van der Waals surface area contributed by atoms with Crippen LogP contribution in [-0.4, -0.2) is 24.9 Å². The van der Waals surface area contributed by atoms with Crippen LogP contribution in [0.25, 0.3) is 0 Å². The van der Waals surface area contributed by atoms with Crippen molar-refractivity contribution in [3.05, 3.63) is 52.5 Å². The number of benzene rings is 2. The van der Waals surface area contributed by atoms with Crippen molar-refractivity contribution in [2.24, 2.45) is 0 Å². The second-order valence-corrected chi connectivity index (χ2v) is 7.47. The van der Waals surface area contributed by atoms with E-state index >= 15 is 0 Å². The highest BCUT2D eigenvalue weighted by Gasteiger charge is 2.22. The number of hydrogen-bond donors (Lipinski definition) is 2. The lowest BCUT2D eigenvalue weighted by atomic mass is 10.2. The van der Waals surface area contributed by atoms with E-state index in [4.69, 9.17) is 5.73 Å². The SMILES string of the molecule is CN(Cc1ccccc1O)S(=O)(=O)c1ccc(Br)c(N)c1. The van der Waals surface area contributed by atoms with Crippen LogP contribution < -0.4 is 5.73 Å². The first-order chi connectivity index (χ1) is 9.82. The van der Waals surface area contributed by atoms with Gasteiger partial charge in [-0.3, -0.25) is 0 Å². The van der Waals surface area contributed by atoms with Gasteiger partial charge in [-0.1, -0.05) is 18.2 Å². The third kappa shape index (κ3) is 3.37. The van der Waals surface area contributed by atoms with Gasteiger partial charge in [-0.05, 0) is 40.2 Å². The fraction of sp³-hybridized carbons (Fsp3) is 0.143. The Labute approximate surface area is 132 Å². The Bertz CT molecular complexity index is 763. The molecule has 7 heteroatoms. The molecular formula is C14H15BrN2O3S. The van der Waals surface area contributed by atoms with Crippen LogP contribution in [0.5, 0.6) is 5.75 Å². The summed E-state index contributed by atoms with van der Waals surface area (Å²) in [7, 11) is -2.21. The Hall–Kier alpha value is -1.57. The predicted octanol–water partition coefficient (Wildman–Crippen LogP) is 2.56. The molecule has 0 spiro atoms. The van der Waals surface area contributed by atoms with Crippen LogP contribution in [0.15, 0.2) is 51.8 Å². The van der Waals surface area contributed by atoms with Crippen LogP contribution in [0.4, 0.5) is 5.69 Å². The molecule has 0 bridgehead atoms. The molecule has 0 unspecified atom stereocenters. The summed E-state index contributed by atoms with van der Waals surface area (Å²) in [4.78, 5) is 0.112. The molecule has 5 nitrogen and oxygen atoms in total. The molecular weight excluding hydrogens is 356 g/mol. The summed E-state index contributed by atoms with van der Waals surface area (Å²) in [5.41, 5.74) is 6.61. The molecule has 21 heavy (non-hydrogen) atoms.